The highest BCUT2D eigenvalue weighted by Gasteiger charge is 2.16. The Hall–Kier alpha value is -3.34. The van der Waals surface area contributed by atoms with Gasteiger partial charge < -0.3 is 9.84 Å². The van der Waals surface area contributed by atoms with Gasteiger partial charge in [0.1, 0.15) is 11.5 Å². The van der Waals surface area contributed by atoms with E-state index in [1.54, 1.807) is 25.6 Å². The lowest BCUT2D eigenvalue weighted by Gasteiger charge is -2.14. The maximum Gasteiger partial charge on any atom is 0.234 e. The fraction of sp³-hybridized carbons (Fsp3) is 0.0526. The Morgan fingerprint density at radius 1 is 1.00 bits per heavy atom. The number of phenolic OH excluding ortho intramolecular Hbond substituents is 1. The Morgan fingerprint density at radius 3 is 2.58 bits per heavy atom. The fourth-order valence-electron chi connectivity index (χ4n) is 2.82. The molecule has 0 fully saturated rings. The molecule has 4 aromatic rings. The summed E-state index contributed by atoms with van der Waals surface area (Å²) in [4.78, 5) is 8.66. The summed E-state index contributed by atoms with van der Waals surface area (Å²) in [5.41, 5.74) is 3.47. The van der Waals surface area contributed by atoms with Crippen LogP contribution in [0.25, 0.3) is 28.2 Å². The lowest BCUT2D eigenvalue weighted by atomic mass is 10.00. The number of phenols is 1. The maximum absolute atomic E-state index is 10.5. The minimum absolute atomic E-state index is 0.146. The lowest BCUT2D eigenvalue weighted by molar-refractivity contribution is 0.408. The number of methoxy groups -OCH3 is 1. The van der Waals surface area contributed by atoms with Gasteiger partial charge in [0, 0.05) is 35.8 Å². The van der Waals surface area contributed by atoms with Gasteiger partial charge in [-0.1, -0.05) is 30.3 Å². The second-order valence-corrected chi connectivity index (χ2v) is 5.37. The summed E-state index contributed by atoms with van der Waals surface area (Å²) in [5.74, 6) is 1.33. The Labute approximate surface area is 138 Å². The third-order valence-corrected chi connectivity index (χ3v) is 3.97. The fourth-order valence-corrected chi connectivity index (χ4v) is 2.82. The summed E-state index contributed by atoms with van der Waals surface area (Å²) in [6.07, 6.45) is 5.33. The highest BCUT2D eigenvalue weighted by atomic mass is 16.5. The van der Waals surface area contributed by atoms with Crippen molar-refractivity contribution in [2.45, 2.75) is 0 Å². The molecule has 5 nitrogen and oxygen atoms in total. The first-order valence-corrected chi connectivity index (χ1v) is 7.53. The molecule has 2 heterocycles. The second-order valence-electron chi connectivity index (χ2n) is 5.37. The molecule has 24 heavy (non-hydrogen) atoms. The Bertz CT molecular complexity index is 1010. The van der Waals surface area contributed by atoms with Crippen LogP contribution in [0.4, 0.5) is 0 Å². The molecule has 0 saturated carbocycles. The van der Waals surface area contributed by atoms with E-state index in [0.717, 1.165) is 16.8 Å². The van der Waals surface area contributed by atoms with Crippen LogP contribution in [0, 0.1) is 0 Å². The van der Waals surface area contributed by atoms with Crippen molar-refractivity contribution in [1.82, 2.24) is 14.4 Å². The van der Waals surface area contributed by atoms with Gasteiger partial charge in [-0.05, 0) is 17.7 Å². The first kappa shape index (κ1) is 14.3. The van der Waals surface area contributed by atoms with Gasteiger partial charge in [0.15, 0.2) is 0 Å². The molecular formula is C19H15N3O2. The highest BCUT2D eigenvalue weighted by molar-refractivity contribution is 5.84. The molecule has 2 aromatic heterocycles. The van der Waals surface area contributed by atoms with Crippen molar-refractivity contribution in [1.29, 1.82) is 0 Å². The molecule has 0 aliphatic heterocycles. The van der Waals surface area contributed by atoms with Crippen molar-refractivity contribution < 1.29 is 9.84 Å². The average Bonchev–Trinajstić information content (AvgIpc) is 3.10. The number of hydrogen-bond acceptors (Lipinski definition) is 4. The van der Waals surface area contributed by atoms with Gasteiger partial charge in [0.2, 0.25) is 5.78 Å². The number of rotatable bonds is 3. The van der Waals surface area contributed by atoms with Gasteiger partial charge >= 0.3 is 0 Å². The quantitative estimate of drug-likeness (QED) is 0.625. The number of aromatic hydroxyl groups is 1. The number of imidazole rings is 1. The van der Waals surface area contributed by atoms with Crippen molar-refractivity contribution in [2.24, 2.45) is 0 Å². The van der Waals surface area contributed by atoms with E-state index in [9.17, 15) is 5.11 Å². The van der Waals surface area contributed by atoms with E-state index < -0.39 is 0 Å². The van der Waals surface area contributed by atoms with E-state index in [2.05, 4.69) is 9.97 Å². The van der Waals surface area contributed by atoms with E-state index in [4.69, 9.17) is 4.74 Å². The van der Waals surface area contributed by atoms with Gasteiger partial charge in [0.05, 0.1) is 12.8 Å². The van der Waals surface area contributed by atoms with Crippen LogP contribution in [0.3, 0.4) is 0 Å². The van der Waals surface area contributed by atoms with Crippen LogP contribution in [0.15, 0.2) is 67.1 Å². The van der Waals surface area contributed by atoms with Crippen molar-refractivity contribution >= 4 is 5.78 Å². The highest BCUT2D eigenvalue weighted by Crippen LogP contribution is 2.38. The van der Waals surface area contributed by atoms with Gasteiger partial charge in [-0.2, -0.15) is 0 Å². The van der Waals surface area contributed by atoms with Crippen LogP contribution >= 0.6 is 0 Å². The molecule has 0 bridgehead atoms. The van der Waals surface area contributed by atoms with Gasteiger partial charge in [-0.25, -0.2) is 9.97 Å². The minimum Gasteiger partial charge on any atom is -0.507 e. The topological polar surface area (TPSA) is 59.7 Å². The maximum atomic E-state index is 10.5. The summed E-state index contributed by atoms with van der Waals surface area (Å²) in [7, 11) is 1.57. The zero-order valence-corrected chi connectivity index (χ0v) is 13.0. The van der Waals surface area contributed by atoms with E-state index in [1.807, 2.05) is 53.1 Å². The minimum atomic E-state index is 0.146. The molecule has 0 atom stereocenters. The number of benzene rings is 2. The van der Waals surface area contributed by atoms with Crippen LogP contribution in [-0.4, -0.2) is 26.6 Å². The first-order chi connectivity index (χ1) is 11.8. The van der Waals surface area contributed by atoms with Crippen LogP contribution < -0.4 is 4.74 Å². The zero-order valence-electron chi connectivity index (χ0n) is 13.0. The molecule has 0 saturated heterocycles. The predicted octanol–water partition coefficient (Wildman–Crippen LogP) is 3.78. The Morgan fingerprint density at radius 2 is 1.83 bits per heavy atom. The molecule has 118 valence electrons. The van der Waals surface area contributed by atoms with Crippen LogP contribution in [-0.2, 0) is 0 Å². The smallest absolute Gasteiger partial charge is 0.234 e. The SMILES string of the molecule is COc1ccc(-c2c(-c3ccccc3)cnc3nccn23)c(O)c1. The number of hydrogen-bond donors (Lipinski definition) is 1. The molecule has 0 aliphatic rings. The Balaban J connectivity index is 2.04. The molecule has 0 unspecified atom stereocenters. The predicted molar refractivity (Wildman–Crippen MR) is 92.1 cm³/mol. The zero-order chi connectivity index (χ0) is 16.5. The number of nitrogens with zero attached hydrogens (tertiary/aromatic N) is 3. The third kappa shape index (κ3) is 2.27. The largest absolute Gasteiger partial charge is 0.507 e. The van der Waals surface area contributed by atoms with Crippen molar-refractivity contribution in [3.05, 3.63) is 67.1 Å². The molecule has 2 aromatic carbocycles. The number of fused-ring (bicyclic) bond motifs is 1. The van der Waals surface area contributed by atoms with Gasteiger partial charge in [0.25, 0.3) is 0 Å². The van der Waals surface area contributed by atoms with Gasteiger partial charge in [-0.15, -0.1) is 0 Å². The number of ether oxygens (including phenoxy) is 1. The summed E-state index contributed by atoms with van der Waals surface area (Å²) in [5, 5.41) is 10.5. The summed E-state index contributed by atoms with van der Waals surface area (Å²) < 4.78 is 7.06. The first-order valence-electron chi connectivity index (χ1n) is 7.53. The Kier molecular flexibility index (Phi) is 3.39. The van der Waals surface area contributed by atoms with Crippen LogP contribution in [0.5, 0.6) is 11.5 Å². The monoisotopic (exact) mass is 317 g/mol. The van der Waals surface area contributed by atoms with E-state index >= 15 is 0 Å². The summed E-state index contributed by atoms with van der Waals surface area (Å²) >= 11 is 0. The molecule has 0 spiro atoms. The molecule has 5 heteroatoms. The third-order valence-electron chi connectivity index (χ3n) is 3.97. The van der Waals surface area contributed by atoms with Gasteiger partial charge in [-0.3, -0.25) is 4.40 Å². The number of aromatic nitrogens is 3. The molecular weight excluding hydrogens is 302 g/mol. The van der Waals surface area contributed by atoms with Crippen molar-refractivity contribution in [3.8, 4) is 33.9 Å². The van der Waals surface area contributed by atoms with Crippen molar-refractivity contribution in [2.75, 3.05) is 7.11 Å². The average molecular weight is 317 g/mol. The van der Waals surface area contributed by atoms with E-state index in [1.165, 1.54) is 0 Å². The summed E-state index contributed by atoms with van der Waals surface area (Å²) in [6, 6.07) is 15.2. The van der Waals surface area contributed by atoms with Crippen LogP contribution in [0.2, 0.25) is 0 Å². The van der Waals surface area contributed by atoms with E-state index in [0.29, 0.717) is 17.1 Å². The molecule has 4 rings (SSSR count). The van der Waals surface area contributed by atoms with Crippen molar-refractivity contribution in [3.63, 3.8) is 0 Å². The van der Waals surface area contributed by atoms with Crippen LogP contribution in [0.1, 0.15) is 0 Å². The lowest BCUT2D eigenvalue weighted by Crippen LogP contribution is -1.98. The van der Waals surface area contributed by atoms with E-state index in [-0.39, 0.29) is 5.75 Å². The normalized spacial score (nSPS) is 10.9. The second kappa shape index (κ2) is 5.70. The molecule has 1 N–H and O–H groups in total. The summed E-state index contributed by atoms with van der Waals surface area (Å²) in [6.45, 7) is 0. The standard InChI is InChI=1S/C19H15N3O2/c1-24-14-7-8-15(17(23)11-14)18-16(13-5-3-2-4-6-13)12-21-19-20-9-10-22(18)19/h2-12,23H,1H3. The molecule has 0 aliphatic carbocycles. The molecule has 0 amide bonds. The molecule has 0 radical (unpaired) electrons.